The molecule has 0 bridgehead atoms. The summed E-state index contributed by atoms with van der Waals surface area (Å²) in [7, 11) is 0. The molecule has 0 fully saturated rings. The van der Waals surface area contributed by atoms with Gasteiger partial charge in [0, 0.05) is 0 Å². The van der Waals surface area contributed by atoms with Crippen LogP contribution in [0.15, 0.2) is 18.2 Å². The predicted octanol–water partition coefficient (Wildman–Crippen LogP) is 12.2. The molecule has 0 radical (unpaired) electrons. The van der Waals surface area contributed by atoms with E-state index >= 15 is 0 Å². The molecule has 0 aliphatic rings. The van der Waals surface area contributed by atoms with Gasteiger partial charge in [-0.3, -0.25) is 0 Å². The van der Waals surface area contributed by atoms with E-state index in [0.29, 0.717) is 0 Å². The molecule has 1 aromatic carbocycles. The lowest BCUT2D eigenvalue weighted by Gasteiger charge is -2.13. The van der Waals surface area contributed by atoms with Crippen LogP contribution in [0.25, 0.3) is 0 Å². The molecule has 0 aliphatic carbocycles. The lowest BCUT2D eigenvalue weighted by molar-refractivity contribution is 0.258. The van der Waals surface area contributed by atoms with Crippen molar-refractivity contribution in [3.8, 4) is 11.5 Å². The SMILES string of the molecule is CCCCCCCCCCCCCCOc1ccc(C)cc1OCCCCCCCCCCCCCC. The Labute approximate surface area is 232 Å². The summed E-state index contributed by atoms with van der Waals surface area (Å²) in [6, 6.07) is 6.36. The zero-order chi connectivity index (χ0) is 26.7. The maximum Gasteiger partial charge on any atom is 0.161 e. The van der Waals surface area contributed by atoms with Gasteiger partial charge in [-0.1, -0.05) is 161 Å². The van der Waals surface area contributed by atoms with Crippen molar-refractivity contribution in [2.45, 2.75) is 175 Å². The number of rotatable bonds is 28. The highest BCUT2D eigenvalue weighted by Gasteiger charge is 2.06. The molecular formula is C35H64O2. The summed E-state index contributed by atoms with van der Waals surface area (Å²) in [5.41, 5.74) is 1.24. The van der Waals surface area contributed by atoms with E-state index in [0.717, 1.165) is 37.6 Å². The second kappa shape index (κ2) is 26.4. The molecule has 0 aliphatic heterocycles. The fourth-order valence-electron chi connectivity index (χ4n) is 5.10. The summed E-state index contributed by atoms with van der Waals surface area (Å²) in [4.78, 5) is 0. The second-order valence-corrected chi connectivity index (χ2v) is 11.4. The van der Waals surface area contributed by atoms with E-state index in [-0.39, 0.29) is 0 Å². The summed E-state index contributed by atoms with van der Waals surface area (Å²) < 4.78 is 12.3. The van der Waals surface area contributed by atoms with Crippen molar-refractivity contribution >= 4 is 0 Å². The van der Waals surface area contributed by atoms with E-state index < -0.39 is 0 Å². The molecule has 0 heterocycles. The average molecular weight is 517 g/mol. The summed E-state index contributed by atoms with van der Waals surface area (Å²) in [5.74, 6) is 1.86. The number of hydrogen-bond donors (Lipinski definition) is 0. The minimum atomic E-state index is 0.801. The van der Waals surface area contributed by atoms with E-state index in [2.05, 4.69) is 39.0 Å². The molecule has 0 spiro atoms. The number of benzene rings is 1. The number of ether oxygens (including phenoxy) is 2. The molecule has 0 N–H and O–H groups in total. The van der Waals surface area contributed by atoms with Crippen LogP contribution in [0.2, 0.25) is 0 Å². The lowest BCUT2D eigenvalue weighted by atomic mass is 10.1. The zero-order valence-corrected chi connectivity index (χ0v) is 25.4. The van der Waals surface area contributed by atoms with Crippen molar-refractivity contribution in [2.75, 3.05) is 13.2 Å². The first kappa shape index (κ1) is 33.8. The van der Waals surface area contributed by atoms with Gasteiger partial charge in [0.25, 0.3) is 0 Å². The molecular weight excluding hydrogens is 452 g/mol. The van der Waals surface area contributed by atoms with Crippen molar-refractivity contribution in [2.24, 2.45) is 0 Å². The van der Waals surface area contributed by atoms with Crippen LogP contribution in [0.1, 0.15) is 174 Å². The lowest BCUT2D eigenvalue weighted by Crippen LogP contribution is -2.03. The molecule has 2 nitrogen and oxygen atoms in total. The fourth-order valence-corrected chi connectivity index (χ4v) is 5.10. The topological polar surface area (TPSA) is 18.5 Å². The largest absolute Gasteiger partial charge is 0.490 e. The van der Waals surface area contributed by atoms with Crippen LogP contribution in [0.5, 0.6) is 11.5 Å². The highest BCUT2D eigenvalue weighted by molar-refractivity contribution is 5.42. The molecule has 2 heteroatoms. The predicted molar refractivity (Wildman–Crippen MR) is 164 cm³/mol. The third kappa shape index (κ3) is 21.4. The van der Waals surface area contributed by atoms with Gasteiger partial charge in [0.1, 0.15) is 0 Å². The first-order chi connectivity index (χ1) is 18.3. The maximum absolute atomic E-state index is 6.15. The summed E-state index contributed by atoms with van der Waals surface area (Å²) in [6.45, 7) is 8.32. The Kier molecular flexibility index (Phi) is 24.2. The zero-order valence-electron chi connectivity index (χ0n) is 25.4. The van der Waals surface area contributed by atoms with Gasteiger partial charge in [0.2, 0.25) is 0 Å². The summed E-state index contributed by atoms with van der Waals surface area (Å²) in [6.07, 6.45) is 33.0. The van der Waals surface area contributed by atoms with Gasteiger partial charge in [0.05, 0.1) is 13.2 Å². The van der Waals surface area contributed by atoms with E-state index in [4.69, 9.17) is 9.47 Å². The van der Waals surface area contributed by atoms with Crippen molar-refractivity contribution in [3.63, 3.8) is 0 Å². The molecule has 0 unspecified atom stereocenters. The van der Waals surface area contributed by atoms with Gasteiger partial charge in [-0.05, 0) is 37.5 Å². The number of hydrogen-bond acceptors (Lipinski definition) is 2. The molecule has 0 saturated carbocycles. The smallest absolute Gasteiger partial charge is 0.161 e. The molecule has 1 aromatic rings. The molecule has 0 aromatic heterocycles. The Morgan fingerprint density at radius 3 is 1.11 bits per heavy atom. The van der Waals surface area contributed by atoms with Crippen molar-refractivity contribution in [1.82, 2.24) is 0 Å². The third-order valence-electron chi connectivity index (χ3n) is 7.61. The minimum absolute atomic E-state index is 0.801. The van der Waals surface area contributed by atoms with Crippen LogP contribution in [-0.4, -0.2) is 13.2 Å². The van der Waals surface area contributed by atoms with Gasteiger partial charge in [0.15, 0.2) is 11.5 Å². The van der Waals surface area contributed by atoms with Gasteiger partial charge in [-0.2, -0.15) is 0 Å². The monoisotopic (exact) mass is 516 g/mol. The van der Waals surface area contributed by atoms with Crippen molar-refractivity contribution in [3.05, 3.63) is 23.8 Å². The van der Waals surface area contributed by atoms with E-state index in [1.165, 1.54) is 147 Å². The number of aryl methyl sites for hydroxylation is 1. The quantitative estimate of drug-likeness (QED) is 0.103. The van der Waals surface area contributed by atoms with E-state index in [1.54, 1.807) is 0 Å². The molecule has 216 valence electrons. The Morgan fingerprint density at radius 2 is 0.730 bits per heavy atom. The van der Waals surface area contributed by atoms with Crippen LogP contribution in [0.3, 0.4) is 0 Å². The third-order valence-corrected chi connectivity index (χ3v) is 7.61. The maximum atomic E-state index is 6.15. The fraction of sp³-hybridized carbons (Fsp3) is 0.829. The van der Waals surface area contributed by atoms with Crippen molar-refractivity contribution < 1.29 is 9.47 Å². The first-order valence-electron chi connectivity index (χ1n) is 16.6. The summed E-state index contributed by atoms with van der Waals surface area (Å²) in [5, 5.41) is 0. The first-order valence-corrected chi connectivity index (χ1v) is 16.6. The summed E-state index contributed by atoms with van der Waals surface area (Å²) >= 11 is 0. The standard InChI is InChI=1S/C35H64O2/c1-4-6-8-10-12-14-16-18-20-22-24-26-30-36-34-29-28-33(3)32-35(34)37-31-27-25-23-21-19-17-15-13-11-9-7-5-2/h28-29,32H,4-27,30-31H2,1-3H3. The van der Waals surface area contributed by atoms with Crippen LogP contribution in [0, 0.1) is 6.92 Å². The van der Waals surface area contributed by atoms with Crippen LogP contribution < -0.4 is 9.47 Å². The van der Waals surface area contributed by atoms with Crippen LogP contribution >= 0.6 is 0 Å². The van der Waals surface area contributed by atoms with Crippen LogP contribution in [0.4, 0.5) is 0 Å². The average Bonchev–Trinajstić information content (AvgIpc) is 2.90. The Bertz CT molecular complexity index is 597. The van der Waals surface area contributed by atoms with Crippen LogP contribution in [-0.2, 0) is 0 Å². The molecule has 0 amide bonds. The van der Waals surface area contributed by atoms with Gasteiger partial charge >= 0.3 is 0 Å². The normalized spacial score (nSPS) is 11.2. The van der Waals surface area contributed by atoms with E-state index in [9.17, 15) is 0 Å². The minimum Gasteiger partial charge on any atom is -0.490 e. The molecule has 1 rings (SSSR count). The Hall–Kier alpha value is -1.18. The molecule has 0 atom stereocenters. The van der Waals surface area contributed by atoms with E-state index in [1.807, 2.05) is 0 Å². The molecule has 37 heavy (non-hydrogen) atoms. The molecule has 0 saturated heterocycles. The van der Waals surface area contributed by atoms with Gasteiger partial charge in [-0.25, -0.2) is 0 Å². The Morgan fingerprint density at radius 1 is 0.405 bits per heavy atom. The van der Waals surface area contributed by atoms with Gasteiger partial charge < -0.3 is 9.47 Å². The second-order valence-electron chi connectivity index (χ2n) is 11.4. The van der Waals surface area contributed by atoms with Crippen molar-refractivity contribution in [1.29, 1.82) is 0 Å². The highest BCUT2D eigenvalue weighted by Crippen LogP contribution is 2.29. The Balaban J connectivity index is 2.01. The highest BCUT2D eigenvalue weighted by atomic mass is 16.5. The van der Waals surface area contributed by atoms with Gasteiger partial charge in [-0.15, -0.1) is 0 Å². The number of unbranched alkanes of at least 4 members (excludes halogenated alkanes) is 22.